The van der Waals surface area contributed by atoms with Crippen LogP contribution in [0.5, 0.6) is 5.75 Å². The average Bonchev–Trinajstić information content (AvgIpc) is 3.08. The summed E-state index contributed by atoms with van der Waals surface area (Å²) in [6.07, 6.45) is 2.06. The van der Waals surface area contributed by atoms with E-state index < -0.39 is 63.4 Å². The van der Waals surface area contributed by atoms with Gasteiger partial charge in [-0.05, 0) is 65.4 Å². The molecule has 0 unspecified atom stereocenters. The molecule has 1 saturated carbocycles. The molecule has 0 radical (unpaired) electrons. The van der Waals surface area contributed by atoms with E-state index in [1.54, 1.807) is 36.4 Å². The Bertz CT molecular complexity index is 1960. The van der Waals surface area contributed by atoms with E-state index in [9.17, 15) is 32.8 Å². The van der Waals surface area contributed by atoms with Gasteiger partial charge in [0, 0.05) is 37.8 Å². The molecule has 0 bridgehead atoms. The molecular formula is C31H29Cl2N7O8S. The van der Waals surface area contributed by atoms with E-state index in [0.29, 0.717) is 47.4 Å². The predicted octanol–water partition coefficient (Wildman–Crippen LogP) is 5.63. The van der Waals surface area contributed by atoms with Gasteiger partial charge in [0.1, 0.15) is 11.6 Å². The van der Waals surface area contributed by atoms with Crippen molar-refractivity contribution in [3.8, 4) is 5.75 Å². The second-order valence-electron chi connectivity index (χ2n) is 11.4. The van der Waals surface area contributed by atoms with Gasteiger partial charge in [-0.25, -0.2) is 18.6 Å². The summed E-state index contributed by atoms with van der Waals surface area (Å²) in [5.41, 5.74) is 12.1. The zero-order valence-corrected chi connectivity index (χ0v) is 27.9. The van der Waals surface area contributed by atoms with E-state index >= 15 is 0 Å². The van der Waals surface area contributed by atoms with Crippen LogP contribution in [0, 0.1) is 4.91 Å². The Labute approximate surface area is 290 Å². The Hall–Kier alpha value is -4.57. The summed E-state index contributed by atoms with van der Waals surface area (Å²) in [4.78, 5) is 60.7. The van der Waals surface area contributed by atoms with Crippen molar-refractivity contribution in [3.05, 3.63) is 114 Å². The maximum atomic E-state index is 14.4. The van der Waals surface area contributed by atoms with Crippen LogP contribution in [0.1, 0.15) is 75.0 Å². The number of benzene rings is 3. The van der Waals surface area contributed by atoms with E-state index in [1.807, 2.05) is 0 Å². The third-order valence-corrected chi connectivity index (χ3v) is 10.1. The number of fused-ring (bicyclic) bond motifs is 1. The number of nitrogens with one attached hydrogen (secondary N) is 2. The number of amides is 3. The maximum absolute atomic E-state index is 14.4. The quantitative estimate of drug-likeness (QED) is 0.0736. The van der Waals surface area contributed by atoms with Crippen molar-refractivity contribution >= 4 is 50.9 Å². The lowest BCUT2D eigenvalue weighted by Gasteiger charge is -2.49. The third kappa shape index (κ3) is 7.85. The van der Waals surface area contributed by atoms with Crippen molar-refractivity contribution in [2.75, 3.05) is 5.88 Å². The SMILES string of the molecule is [N-]=[N+]=NCS(=O)(=O)N[C@H]1CCCC[C@@H]1N1C(=O)c2ccccc2[C@@H](C(=O)NOCc2ccc(O)c(C(=O)N=O)c2)[C@@H]1c1ccc(Cl)cc1Cl. The lowest BCUT2D eigenvalue weighted by Crippen LogP contribution is -2.59. The molecule has 2 aliphatic rings. The molecular weight excluding hydrogens is 701 g/mol. The minimum Gasteiger partial charge on any atom is -0.507 e. The summed E-state index contributed by atoms with van der Waals surface area (Å²) in [6.45, 7) is -0.286. The fourth-order valence-corrected chi connectivity index (χ4v) is 7.90. The normalized spacial score (nSPS) is 20.5. The number of phenols is 1. The van der Waals surface area contributed by atoms with Crippen LogP contribution in [-0.2, 0) is 26.3 Å². The van der Waals surface area contributed by atoms with Crippen LogP contribution in [0.15, 0.2) is 71.0 Å². The smallest absolute Gasteiger partial charge is 0.320 e. The molecule has 0 aromatic heterocycles. The molecule has 0 saturated heterocycles. The van der Waals surface area contributed by atoms with E-state index in [1.165, 1.54) is 29.2 Å². The summed E-state index contributed by atoms with van der Waals surface area (Å²) in [6, 6.07) is 12.4. The van der Waals surface area contributed by atoms with Crippen LogP contribution in [0.25, 0.3) is 10.4 Å². The molecule has 5 rings (SSSR count). The topological polar surface area (TPSA) is 220 Å². The van der Waals surface area contributed by atoms with Crippen molar-refractivity contribution < 1.29 is 32.7 Å². The Kier molecular flexibility index (Phi) is 11.2. The molecule has 49 heavy (non-hydrogen) atoms. The fourth-order valence-electron chi connectivity index (χ4n) is 6.37. The number of nitroso groups, excluding NO2 is 1. The maximum Gasteiger partial charge on any atom is 0.320 e. The van der Waals surface area contributed by atoms with Crippen LogP contribution >= 0.6 is 23.2 Å². The summed E-state index contributed by atoms with van der Waals surface area (Å²) in [5, 5.41) is 15.9. The number of hydrogen-bond acceptors (Lipinski definition) is 9. The van der Waals surface area contributed by atoms with E-state index in [0.717, 1.165) is 0 Å². The second kappa shape index (κ2) is 15.3. The van der Waals surface area contributed by atoms with Crippen molar-refractivity contribution in [3.63, 3.8) is 0 Å². The number of sulfonamides is 1. The Balaban J connectivity index is 1.55. The lowest BCUT2D eigenvalue weighted by atomic mass is 9.76. The molecule has 15 nitrogen and oxygen atoms in total. The highest BCUT2D eigenvalue weighted by Crippen LogP contribution is 2.48. The molecule has 256 valence electrons. The molecule has 3 N–H and O–H groups in total. The number of carbonyl (C=O) groups is 3. The highest BCUT2D eigenvalue weighted by atomic mass is 35.5. The van der Waals surface area contributed by atoms with Crippen LogP contribution in [0.4, 0.5) is 0 Å². The van der Waals surface area contributed by atoms with Gasteiger partial charge in [0.25, 0.3) is 11.8 Å². The van der Waals surface area contributed by atoms with Crippen LogP contribution in [-0.4, -0.2) is 54.1 Å². The molecule has 0 spiro atoms. The zero-order valence-electron chi connectivity index (χ0n) is 25.5. The first-order valence-corrected chi connectivity index (χ1v) is 17.3. The average molecular weight is 731 g/mol. The molecule has 3 aromatic carbocycles. The molecule has 4 atom stereocenters. The highest BCUT2D eigenvalue weighted by Gasteiger charge is 2.49. The number of hydroxylamine groups is 1. The number of rotatable bonds is 11. The summed E-state index contributed by atoms with van der Waals surface area (Å²) in [7, 11) is -4.08. The Morgan fingerprint density at radius 1 is 1.06 bits per heavy atom. The van der Waals surface area contributed by atoms with E-state index in [2.05, 4.69) is 25.4 Å². The molecule has 1 heterocycles. The number of nitrogens with zero attached hydrogens (tertiary/aromatic N) is 5. The van der Waals surface area contributed by atoms with Gasteiger partial charge in [-0.1, -0.05) is 71.5 Å². The van der Waals surface area contributed by atoms with Crippen molar-refractivity contribution in [1.29, 1.82) is 0 Å². The number of phenolic OH excluding ortho intramolecular Hbond substituents is 1. The number of aromatic hydroxyl groups is 1. The largest absolute Gasteiger partial charge is 0.507 e. The monoisotopic (exact) mass is 729 g/mol. The summed E-state index contributed by atoms with van der Waals surface area (Å²) >= 11 is 13.0. The van der Waals surface area contributed by atoms with E-state index in [-0.39, 0.29) is 22.8 Å². The first-order valence-electron chi connectivity index (χ1n) is 14.9. The Morgan fingerprint density at radius 2 is 1.82 bits per heavy atom. The summed E-state index contributed by atoms with van der Waals surface area (Å²) < 4.78 is 28.3. The number of carbonyl (C=O) groups excluding carboxylic acids is 3. The number of halogens is 2. The molecule has 18 heteroatoms. The van der Waals surface area contributed by atoms with Gasteiger partial charge in [-0.2, -0.15) is 0 Å². The number of hydrogen-bond donors (Lipinski definition) is 3. The third-order valence-electron chi connectivity index (χ3n) is 8.43. The van der Waals surface area contributed by atoms with Gasteiger partial charge in [0.2, 0.25) is 10.0 Å². The second-order valence-corrected chi connectivity index (χ2v) is 14.0. The molecule has 3 aromatic rings. The Morgan fingerprint density at radius 3 is 2.55 bits per heavy atom. The van der Waals surface area contributed by atoms with Gasteiger partial charge < -0.3 is 10.0 Å². The number of azide groups is 1. The van der Waals surface area contributed by atoms with Gasteiger partial charge in [-0.3, -0.25) is 19.2 Å². The molecule has 3 amide bonds. The van der Waals surface area contributed by atoms with Gasteiger partial charge in [0.05, 0.1) is 24.1 Å². The van der Waals surface area contributed by atoms with Crippen molar-refractivity contribution in [2.24, 2.45) is 10.3 Å². The van der Waals surface area contributed by atoms with Crippen molar-refractivity contribution in [1.82, 2.24) is 15.1 Å². The van der Waals surface area contributed by atoms with E-state index in [4.69, 9.17) is 33.6 Å². The van der Waals surface area contributed by atoms with Crippen LogP contribution < -0.4 is 10.2 Å². The minimum absolute atomic E-state index is 0.162. The highest BCUT2D eigenvalue weighted by molar-refractivity contribution is 7.89. The predicted molar refractivity (Wildman–Crippen MR) is 178 cm³/mol. The first-order chi connectivity index (χ1) is 23.5. The lowest BCUT2D eigenvalue weighted by molar-refractivity contribution is -0.138. The van der Waals surface area contributed by atoms with Gasteiger partial charge in [-0.15, -0.1) is 4.91 Å². The molecule has 1 fully saturated rings. The van der Waals surface area contributed by atoms with Crippen LogP contribution in [0.2, 0.25) is 10.0 Å². The first kappa shape index (κ1) is 35.7. The van der Waals surface area contributed by atoms with Crippen molar-refractivity contribution in [2.45, 2.75) is 56.3 Å². The minimum atomic E-state index is -4.08. The molecule has 1 aliphatic carbocycles. The fraction of sp³-hybridized carbons (Fsp3) is 0.323. The molecule has 1 aliphatic heterocycles. The standard InChI is InChI=1S/C31H29Cl2N7O8S/c32-18-10-11-21(23(33)14-18)28-27(30(43)37-48-15-17-9-12-26(41)22(13-17)29(42)36-45)19-5-1-2-6-20(19)31(44)40(28)25-8-4-3-7-24(25)38-49(46,47)16-35-39-34/h1-2,5-6,9-14,24-25,27-28,38,41H,3-4,7-8,15-16H2,(H,37,43)/t24-,25-,27+,28-/m0/s1. The van der Waals surface area contributed by atoms with Crippen LogP contribution in [0.3, 0.4) is 0 Å². The van der Waals surface area contributed by atoms with Gasteiger partial charge >= 0.3 is 5.91 Å². The van der Waals surface area contributed by atoms with Gasteiger partial charge in [0.15, 0.2) is 0 Å². The summed E-state index contributed by atoms with van der Waals surface area (Å²) in [5.74, 6) is -4.73. The zero-order chi connectivity index (χ0) is 35.3.